The number of benzene rings is 1. The third-order valence-electron chi connectivity index (χ3n) is 5.46. The number of likely N-dealkylation sites (tertiary alicyclic amines) is 1. The van der Waals surface area contributed by atoms with Crippen molar-refractivity contribution in [2.45, 2.75) is 39.3 Å². The van der Waals surface area contributed by atoms with E-state index < -0.39 is 0 Å². The van der Waals surface area contributed by atoms with Gasteiger partial charge in [0.15, 0.2) is 17.5 Å². The number of piperidine rings is 1. The van der Waals surface area contributed by atoms with Crippen LogP contribution in [0.2, 0.25) is 0 Å². The van der Waals surface area contributed by atoms with E-state index in [9.17, 15) is 5.11 Å². The molecule has 2 unspecified atom stereocenters. The average molecular weight is 431 g/mol. The summed E-state index contributed by atoms with van der Waals surface area (Å²) in [6, 6.07) is 10.3. The van der Waals surface area contributed by atoms with Crippen molar-refractivity contribution in [3.63, 3.8) is 0 Å². The number of aliphatic imine (C=N–C) groups is 1. The van der Waals surface area contributed by atoms with E-state index in [1.807, 2.05) is 30.4 Å². The first-order valence-electron chi connectivity index (χ1n) is 10.8. The number of aromatic hydroxyl groups is 1. The second-order valence-corrected chi connectivity index (χ2v) is 8.63. The van der Waals surface area contributed by atoms with Gasteiger partial charge in [-0.3, -0.25) is 4.90 Å². The monoisotopic (exact) mass is 430 g/mol. The fraction of sp³-hybridized carbons (Fsp3) is 0.522. The molecule has 0 spiro atoms. The molecule has 3 rings (SSSR count). The Hall–Kier alpha value is -2.25. The Morgan fingerprint density at radius 2 is 2.17 bits per heavy atom. The maximum absolute atomic E-state index is 9.89. The molecule has 0 saturated carbocycles. The number of phenolic OH excluding ortho intramolecular Hbond substituents is 1. The van der Waals surface area contributed by atoms with Crippen molar-refractivity contribution < 1.29 is 9.84 Å². The largest absolute Gasteiger partial charge is 0.504 e. The molecule has 164 valence electrons. The van der Waals surface area contributed by atoms with Gasteiger partial charge in [0.1, 0.15) is 0 Å². The van der Waals surface area contributed by atoms with Crippen molar-refractivity contribution in [1.82, 2.24) is 15.5 Å². The number of rotatable bonds is 8. The lowest BCUT2D eigenvalue weighted by Gasteiger charge is -2.39. The molecule has 1 aromatic carbocycles. The van der Waals surface area contributed by atoms with Crippen LogP contribution in [0.1, 0.15) is 43.2 Å². The Kier molecular flexibility index (Phi) is 8.39. The lowest BCUT2D eigenvalue weighted by Crippen LogP contribution is -2.44. The molecule has 30 heavy (non-hydrogen) atoms. The summed E-state index contributed by atoms with van der Waals surface area (Å²) in [5.74, 6) is 2.04. The average Bonchev–Trinajstić information content (AvgIpc) is 3.26. The van der Waals surface area contributed by atoms with Gasteiger partial charge in [0, 0.05) is 24.0 Å². The molecule has 1 aliphatic heterocycles. The van der Waals surface area contributed by atoms with Crippen LogP contribution in [0.5, 0.6) is 11.5 Å². The molecular weight excluding hydrogens is 396 g/mol. The Labute approximate surface area is 184 Å². The minimum Gasteiger partial charge on any atom is -0.504 e. The highest BCUT2D eigenvalue weighted by Gasteiger charge is 2.31. The smallest absolute Gasteiger partial charge is 0.191 e. The van der Waals surface area contributed by atoms with E-state index in [4.69, 9.17) is 9.73 Å². The summed E-state index contributed by atoms with van der Waals surface area (Å²) in [5, 5.41) is 19.0. The van der Waals surface area contributed by atoms with Crippen molar-refractivity contribution >= 4 is 17.3 Å². The van der Waals surface area contributed by atoms with Crippen LogP contribution >= 0.6 is 11.3 Å². The molecule has 0 amide bonds. The molecule has 6 nitrogen and oxygen atoms in total. The van der Waals surface area contributed by atoms with E-state index >= 15 is 0 Å². The first kappa shape index (κ1) is 22.4. The third-order valence-corrected chi connectivity index (χ3v) is 6.40. The maximum Gasteiger partial charge on any atom is 0.191 e. The molecule has 0 bridgehead atoms. The summed E-state index contributed by atoms with van der Waals surface area (Å²) < 4.78 is 5.48. The molecule has 1 aromatic heterocycles. The van der Waals surface area contributed by atoms with E-state index in [0.29, 0.717) is 30.9 Å². The lowest BCUT2D eigenvalue weighted by atomic mass is 9.88. The van der Waals surface area contributed by atoms with Gasteiger partial charge in [-0.25, -0.2) is 4.99 Å². The van der Waals surface area contributed by atoms with Gasteiger partial charge in [-0.15, -0.1) is 11.3 Å². The highest BCUT2D eigenvalue weighted by molar-refractivity contribution is 7.10. The summed E-state index contributed by atoms with van der Waals surface area (Å²) in [6.45, 7) is 7.87. The van der Waals surface area contributed by atoms with Gasteiger partial charge < -0.3 is 20.5 Å². The number of hydrogen-bond donors (Lipinski definition) is 3. The van der Waals surface area contributed by atoms with Crippen molar-refractivity contribution in [3.8, 4) is 11.5 Å². The molecular formula is C23H34N4O2S. The molecule has 1 saturated heterocycles. The van der Waals surface area contributed by atoms with Crippen LogP contribution in [0, 0.1) is 5.92 Å². The van der Waals surface area contributed by atoms with Gasteiger partial charge in [0.05, 0.1) is 13.2 Å². The van der Waals surface area contributed by atoms with E-state index in [-0.39, 0.29) is 5.75 Å². The molecule has 1 aliphatic rings. The predicted molar refractivity (Wildman–Crippen MR) is 125 cm³/mol. The summed E-state index contributed by atoms with van der Waals surface area (Å²) in [4.78, 5) is 8.68. The van der Waals surface area contributed by atoms with E-state index in [1.54, 1.807) is 6.07 Å². The Morgan fingerprint density at radius 3 is 2.90 bits per heavy atom. The lowest BCUT2D eigenvalue weighted by molar-refractivity contribution is 0.125. The number of nitrogens with zero attached hydrogens (tertiary/aromatic N) is 2. The van der Waals surface area contributed by atoms with E-state index in [0.717, 1.165) is 31.2 Å². The second-order valence-electron chi connectivity index (χ2n) is 7.65. The first-order valence-corrected chi connectivity index (χ1v) is 11.7. The number of hydrogen-bond acceptors (Lipinski definition) is 5. The topological polar surface area (TPSA) is 69.1 Å². The van der Waals surface area contributed by atoms with Crippen molar-refractivity contribution in [2.24, 2.45) is 10.9 Å². The molecule has 7 heteroatoms. The standard InChI is InChI=1S/C23H34N4O2S/c1-4-24-23(25-15-17-10-11-19(28)20(14-17)29-5-2)26-16-18-8-6-12-27(3)22(18)21-9-7-13-30-21/h7,9-11,13-14,18,22,28H,4-6,8,12,15-16H2,1-3H3,(H2,24,25,26). The Morgan fingerprint density at radius 1 is 1.30 bits per heavy atom. The van der Waals surface area contributed by atoms with Crippen LogP contribution in [0.25, 0.3) is 0 Å². The fourth-order valence-electron chi connectivity index (χ4n) is 4.05. The fourth-order valence-corrected chi connectivity index (χ4v) is 5.03. The third kappa shape index (κ3) is 5.89. The highest BCUT2D eigenvalue weighted by Crippen LogP contribution is 2.36. The summed E-state index contributed by atoms with van der Waals surface area (Å²) in [6.07, 6.45) is 2.45. The number of ether oxygens (including phenoxy) is 1. The van der Waals surface area contributed by atoms with Gasteiger partial charge >= 0.3 is 0 Å². The molecule has 2 aromatic rings. The number of nitrogens with one attached hydrogen (secondary N) is 2. The summed E-state index contributed by atoms with van der Waals surface area (Å²) in [5.41, 5.74) is 1.00. The predicted octanol–water partition coefficient (Wildman–Crippen LogP) is 3.99. The zero-order valence-corrected chi connectivity index (χ0v) is 19.0. The van der Waals surface area contributed by atoms with Crippen LogP contribution < -0.4 is 15.4 Å². The summed E-state index contributed by atoms with van der Waals surface area (Å²) >= 11 is 1.85. The van der Waals surface area contributed by atoms with Crippen LogP contribution in [0.4, 0.5) is 0 Å². The zero-order chi connectivity index (χ0) is 21.3. The molecule has 0 aliphatic carbocycles. The summed E-state index contributed by atoms with van der Waals surface area (Å²) in [7, 11) is 2.23. The molecule has 2 heterocycles. The van der Waals surface area contributed by atoms with Crippen LogP contribution in [-0.2, 0) is 6.54 Å². The molecule has 2 atom stereocenters. The van der Waals surface area contributed by atoms with Crippen LogP contribution in [0.3, 0.4) is 0 Å². The molecule has 1 fully saturated rings. The number of thiophene rings is 1. The first-order chi connectivity index (χ1) is 14.6. The van der Waals surface area contributed by atoms with Crippen molar-refractivity contribution in [3.05, 3.63) is 46.2 Å². The minimum atomic E-state index is 0.163. The van der Waals surface area contributed by atoms with Gasteiger partial charge in [-0.2, -0.15) is 0 Å². The van der Waals surface area contributed by atoms with Gasteiger partial charge in [-0.05, 0) is 75.3 Å². The van der Waals surface area contributed by atoms with E-state index in [1.165, 1.54) is 17.7 Å². The SMILES string of the molecule is CCNC(=NCc1ccc(O)c(OCC)c1)NCC1CCCN(C)C1c1cccs1. The van der Waals surface area contributed by atoms with Gasteiger partial charge in [0.25, 0.3) is 0 Å². The normalized spacial score (nSPS) is 20.2. The number of phenols is 1. The van der Waals surface area contributed by atoms with Gasteiger partial charge in [0.2, 0.25) is 0 Å². The highest BCUT2D eigenvalue weighted by atomic mass is 32.1. The Balaban J connectivity index is 1.65. The maximum atomic E-state index is 9.89. The van der Waals surface area contributed by atoms with Crippen molar-refractivity contribution in [1.29, 1.82) is 0 Å². The Bertz CT molecular complexity index is 810. The molecule has 0 radical (unpaired) electrons. The second kappa shape index (κ2) is 11.2. The minimum absolute atomic E-state index is 0.163. The number of guanidine groups is 1. The molecule has 3 N–H and O–H groups in total. The van der Waals surface area contributed by atoms with Crippen molar-refractivity contribution in [2.75, 3.05) is 33.3 Å². The van der Waals surface area contributed by atoms with Crippen LogP contribution in [-0.4, -0.2) is 49.3 Å². The van der Waals surface area contributed by atoms with E-state index in [2.05, 4.69) is 47.0 Å². The van der Waals surface area contributed by atoms with Gasteiger partial charge in [-0.1, -0.05) is 12.1 Å². The quantitative estimate of drug-likeness (QED) is 0.436. The zero-order valence-electron chi connectivity index (χ0n) is 18.2. The van der Waals surface area contributed by atoms with Crippen LogP contribution in [0.15, 0.2) is 40.7 Å².